The summed E-state index contributed by atoms with van der Waals surface area (Å²) in [6, 6.07) is 10.2. The second-order valence-electron chi connectivity index (χ2n) is 5.42. The molecular formula is C15H22F2N2. The van der Waals surface area contributed by atoms with Gasteiger partial charge in [0.15, 0.2) is 0 Å². The molecule has 1 aromatic carbocycles. The number of alkyl halides is 2. The number of rotatable bonds is 4. The summed E-state index contributed by atoms with van der Waals surface area (Å²) in [7, 11) is 0. The number of hydrogen-bond donors (Lipinski definition) is 1. The summed E-state index contributed by atoms with van der Waals surface area (Å²) < 4.78 is 25.7. The second-order valence-corrected chi connectivity index (χ2v) is 5.42. The van der Waals surface area contributed by atoms with Crippen molar-refractivity contribution in [3.63, 3.8) is 0 Å². The topological polar surface area (TPSA) is 15.3 Å². The fourth-order valence-corrected chi connectivity index (χ4v) is 2.78. The molecule has 4 heteroatoms. The van der Waals surface area contributed by atoms with Crippen LogP contribution < -0.4 is 5.32 Å². The molecule has 0 amide bonds. The Kier molecular flexibility index (Phi) is 4.53. The summed E-state index contributed by atoms with van der Waals surface area (Å²) >= 11 is 0. The molecule has 19 heavy (non-hydrogen) atoms. The van der Waals surface area contributed by atoms with Crippen LogP contribution >= 0.6 is 0 Å². The Morgan fingerprint density at radius 1 is 1.37 bits per heavy atom. The second kappa shape index (κ2) is 5.97. The Labute approximate surface area is 113 Å². The lowest BCUT2D eigenvalue weighted by Gasteiger charge is -2.48. The lowest BCUT2D eigenvalue weighted by molar-refractivity contribution is -0.00456. The molecule has 2 rings (SSSR count). The van der Waals surface area contributed by atoms with Gasteiger partial charge in [0.05, 0.1) is 12.1 Å². The zero-order chi connectivity index (χ0) is 13.9. The van der Waals surface area contributed by atoms with Gasteiger partial charge in [-0.15, -0.1) is 0 Å². The summed E-state index contributed by atoms with van der Waals surface area (Å²) in [6.07, 6.45) is -1.33. The first-order valence-electron chi connectivity index (χ1n) is 6.88. The number of piperazine rings is 1. The summed E-state index contributed by atoms with van der Waals surface area (Å²) in [6.45, 7) is 5.35. The van der Waals surface area contributed by atoms with Crippen molar-refractivity contribution in [2.24, 2.45) is 0 Å². The van der Waals surface area contributed by atoms with E-state index in [2.05, 4.69) is 12.2 Å². The SMILES string of the molecule is CCC1CN(CC(F)F)C(C)(c2ccccc2)CN1. The highest BCUT2D eigenvalue weighted by molar-refractivity contribution is 5.25. The molecule has 0 bridgehead atoms. The van der Waals surface area contributed by atoms with E-state index in [1.54, 1.807) is 0 Å². The minimum Gasteiger partial charge on any atom is -0.311 e. The Bertz CT molecular complexity index is 396. The molecule has 1 aliphatic heterocycles. The lowest BCUT2D eigenvalue weighted by Crippen LogP contribution is -2.62. The van der Waals surface area contributed by atoms with E-state index in [1.807, 2.05) is 42.2 Å². The van der Waals surface area contributed by atoms with Gasteiger partial charge < -0.3 is 5.32 Å². The van der Waals surface area contributed by atoms with Crippen LogP contribution in [0.1, 0.15) is 25.8 Å². The standard InChI is InChI=1S/C15H22F2N2/c1-3-13-9-19(10-14(16)17)15(2,11-18-13)12-7-5-4-6-8-12/h4-8,13-14,18H,3,9-11H2,1-2H3. The van der Waals surface area contributed by atoms with E-state index in [9.17, 15) is 8.78 Å². The Hall–Kier alpha value is -1.00. The van der Waals surface area contributed by atoms with Crippen molar-refractivity contribution in [2.45, 2.75) is 38.3 Å². The van der Waals surface area contributed by atoms with Crippen LogP contribution in [0.3, 0.4) is 0 Å². The van der Waals surface area contributed by atoms with Gasteiger partial charge in [0.1, 0.15) is 0 Å². The summed E-state index contributed by atoms with van der Waals surface area (Å²) in [5.74, 6) is 0. The van der Waals surface area contributed by atoms with E-state index in [1.165, 1.54) is 0 Å². The van der Waals surface area contributed by atoms with Crippen LogP contribution in [0.2, 0.25) is 0 Å². The summed E-state index contributed by atoms with van der Waals surface area (Å²) in [4.78, 5) is 1.93. The minimum atomic E-state index is -2.29. The Morgan fingerprint density at radius 3 is 2.63 bits per heavy atom. The number of benzene rings is 1. The van der Waals surface area contributed by atoms with E-state index >= 15 is 0 Å². The van der Waals surface area contributed by atoms with Crippen LogP contribution in [0.15, 0.2) is 30.3 Å². The third-order valence-electron chi connectivity index (χ3n) is 4.12. The predicted molar refractivity (Wildman–Crippen MR) is 73.5 cm³/mol. The highest BCUT2D eigenvalue weighted by atomic mass is 19.3. The molecule has 0 saturated carbocycles. The number of halogens is 2. The largest absolute Gasteiger partial charge is 0.311 e. The van der Waals surface area contributed by atoms with E-state index < -0.39 is 6.43 Å². The zero-order valence-corrected chi connectivity index (χ0v) is 11.6. The monoisotopic (exact) mass is 268 g/mol. The van der Waals surface area contributed by atoms with E-state index in [-0.39, 0.29) is 12.1 Å². The van der Waals surface area contributed by atoms with Crippen LogP contribution in [0.5, 0.6) is 0 Å². The van der Waals surface area contributed by atoms with E-state index in [0.717, 1.165) is 12.0 Å². The van der Waals surface area contributed by atoms with Crippen LogP contribution in [-0.2, 0) is 5.54 Å². The molecule has 1 saturated heterocycles. The molecule has 0 radical (unpaired) electrons. The van der Waals surface area contributed by atoms with Crippen LogP contribution in [0.25, 0.3) is 0 Å². The van der Waals surface area contributed by atoms with Gasteiger partial charge in [0.25, 0.3) is 6.43 Å². The Morgan fingerprint density at radius 2 is 2.05 bits per heavy atom. The molecule has 106 valence electrons. The van der Waals surface area contributed by atoms with E-state index in [0.29, 0.717) is 19.1 Å². The van der Waals surface area contributed by atoms with Crippen molar-refractivity contribution in [1.29, 1.82) is 0 Å². The van der Waals surface area contributed by atoms with Crippen molar-refractivity contribution in [2.75, 3.05) is 19.6 Å². The highest BCUT2D eigenvalue weighted by Gasteiger charge is 2.39. The number of hydrogen-bond acceptors (Lipinski definition) is 2. The molecule has 0 aromatic heterocycles. The van der Waals surface area contributed by atoms with Crippen LogP contribution in [-0.4, -0.2) is 37.0 Å². The molecule has 1 aromatic rings. The molecule has 1 fully saturated rings. The van der Waals surface area contributed by atoms with Crippen LogP contribution in [0, 0.1) is 0 Å². The summed E-state index contributed by atoms with van der Waals surface area (Å²) in [5, 5.41) is 3.47. The van der Waals surface area contributed by atoms with Gasteiger partial charge in [0, 0.05) is 19.1 Å². The zero-order valence-electron chi connectivity index (χ0n) is 11.6. The molecule has 2 nitrogen and oxygen atoms in total. The van der Waals surface area contributed by atoms with Crippen molar-refractivity contribution in [3.05, 3.63) is 35.9 Å². The molecule has 1 aliphatic rings. The number of nitrogens with one attached hydrogen (secondary N) is 1. The van der Waals surface area contributed by atoms with E-state index in [4.69, 9.17) is 0 Å². The van der Waals surface area contributed by atoms with Gasteiger partial charge >= 0.3 is 0 Å². The molecule has 0 spiro atoms. The van der Waals surface area contributed by atoms with Crippen molar-refractivity contribution in [3.8, 4) is 0 Å². The molecular weight excluding hydrogens is 246 g/mol. The summed E-state index contributed by atoms with van der Waals surface area (Å²) in [5.41, 5.74) is 0.737. The smallest absolute Gasteiger partial charge is 0.251 e. The highest BCUT2D eigenvalue weighted by Crippen LogP contribution is 2.31. The molecule has 2 atom stereocenters. The molecule has 1 heterocycles. The maximum atomic E-state index is 12.8. The molecule has 2 unspecified atom stereocenters. The maximum absolute atomic E-state index is 12.8. The van der Waals surface area contributed by atoms with Crippen molar-refractivity contribution >= 4 is 0 Å². The van der Waals surface area contributed by atoms with Crippen molar-refractivity contribution in [1.82, 2.24) is 10.2 Å². The van der Waals surface area contributed by atoms with Crippen LogP contribution in [0.4, 0.5) is 8.78 Å². The fourth-order valence-electron chi connectivity index (χ4n) is 2.78. The van der Waals surface area contributed by atoms with Gasteiger partial charge in [-0.3, -0.25) is 4.90 Å². The predicted octanol–water partition coefficient (Wildman–Crippen LogP) is 2.85. The van der Waals surface area contributed by atoms with Gasteiger partial charge in [-0.05, 0) is 18.9 Å². The molecule has 1 N–H and O–H groups in total. The first-order chi connectivity index (χ1) is 9.06. The van der Waals surface area contributed by atoms with Gasteiger partial charge in [-0.2, -0.15) is 0 Å². The van der Waals surface area contributed by atoms with Crippen molar-refractivity contribution < 1.29 is 8.78 Å². The quantitative estimate of drug-likeness (QED) is 0.903. The average Bonchev–Trinajstić information content (AvgIpc) is 2.42. The van der Waals surface area contributed by atoms with Gasteiger partial charge in [0.2, 0.25) is 0 Å². The maximum Gasteiger partial charge on any atom is 0.251 e. The third-order valence-corrected chi connectivity index (χ3v) is 4.12. The minimum absolute atomic E-state index is 0.163. The van der Waals surface area contributed by atoms with Gasteiger partial charge in [-0.1, -0.05) is 37.3 Å². The normalized spacial score (nSPS) is 28.8. The third kappa shape index (κ3) is 3.12. The molecule has 0 aliphatic carbocycles. The Balaban J connectivity index is 2.25. The number of nitrogens with zero attached hydrogens (tertiary/aromatic N) is 1. The lowest BCUT2D eigenvalue weighted by atomic mass is 9.86. The van der Waals surface area contributed by atoms with Gasteiger partial charge in [-0.25, -0.2) is 8.78 Å². The average molecular weight is 268 g/mol. The first-order valence-corrected chi connectivity index (χ1v) is 6.88. The fraction of sp³-hybridized carbons (Fsp3) is 0.600. The first kappa shape index (κ1) is 14.4.